The molecule has 6 rings (SSSR count). The molecule has 3 heterocycles. The lowest BCUT2D eigenvalue weighted by molar-refractivity contribution is -0.0254. The molecule has 7 heteroatoms. The Morgan fingerprint density at radius 3 is 2.61 bits per heavy atom. The van der Waals surface area contributed by atoms with E-state index in [1.165, 1.54) is 5.56 Å². The van der Waals surface area contributed by atoms with Gasteiger partial charge in [-0.1, -0.05) is 24.6 Å². The third-order valence-electron chi connectivity index (χ3n) is 7.82. The van der Waals surface area contributed by atoms with E-state index in [9.17, 15) is 9.59 Å². The van der Waals surface area contributed by atoms with Gasteiger partial charge in [-0.05, 0) is 81.3 Å². The lowest BCUT2D eigenvalue weighted by Crippen LogP contribution is -2.55. The normalized spacial score (nSPS) is 25.1. The van der Waals surface area contributed by atoms with Crippen molar-refractivity contribution in [3.8, 4) is 11.5 Å². The monoisotopic (exact) mass is 492 g/mol. The van der Waals surface area contributed by atoms with E-state index >= 15 is 0 Å². The highest BCUT2D eigenvalue weighted by Crippen LogP contribution is 2.52. The Labute approximate surface area is 213 Å². The SMILES string of the molecule is COc1ccc([C@H]2C[C@H]3CCCC2(COc2ccc4c(c2)C(=O)NC4)CN3C(=O)OC(C)(C)C)cc1. The van der Waals surface area contributed by atoms with Gasteiger partial charge < -0.3 is 24.4 Å². The molecule has 2 amide bonds. The van der Waals surface area contributed by atoms with Gasteiger partial charge in [0, 0.05) is 30.1 Å². The summed E-state index contributed by atoms with van der Waals surface area (Å²) in [5.41, 5.74) is 2.08. The van der Waals surface area contributed by atoms with Crippen LogP contribution in [0.15, 0.2) is 42.5 Å². The van der Waals surface area contributed by atoms with Crippen LogP contribution in [-0.4, -0.2) is 48.8 Å². The number of rotatable bonds is 5. The maximum Gasteiger partial charge on any atom is 0.410 e. The van der Waals surface area contributed by atoms with Gasteiger partial charge in [0.05, 0.1) is 13.7 Å². The molecule has 1 N–H and O–H groups in total. The van der Waals surface area contributed by atoms with Crippen molar-refractivity contribution in [3.63, 3.8) is 0 Å². The molecule has 1 aliphatic carbocycles. The average Bonchev–Trinajstić information content (AvgIpc) is 3.02. The maximum absolute atomic E-state index is 13.3. The summed E-state index contributed by atoms with van der Waals surface area (Å²) in [6.45, 7) is 7.31. The van der Waals surface area contributed by atoms with Gasteiger partial charge in [0.25, 0.3) is 5.91 Å². The highest BCUT2D eigenvalue weighted by atomic mass is 16.6. The smallest absolute Gasteiger partial charge is 0.410 e. The van der Waals surface area contributed by atoms with Gasteiger partial charge in [-0.15, -0.1) is 0 Å². The molecule has 2 bridgehead atoms. The van der Waals surface area contributed by atoms with E-state index in [0.29, 0.717) is 31.0 Å². The zero-order valence-corrected chi connectivity index (χ0v) is 21.6. The zero-order chi connectivity index (χ0) is 25.5. The summed E-state index contributed by atoms with van der Waals surface area (Å²) in [4.78, 5) is 27.4. The molecule has 4 aliphatic rings. The van der Waals surface area contributed by atoms with Crippen LogP contribution >= 0.6 is 0 Å². The molecule has 7 nitrogen and oxygen atoms in total. The summed E-state index contributed by atoms with van der Waals surface area (Å²) < 4.78 is 17.6. The van der Waals surface area contributed by atoms with Gasteiger partial charge >= 0.3 is 6.09 Å². The first-order chi connectivity index (χ1) is 17.2. The lowest BCUT2D eigenvalue weighted by Gasteiger charge is -2.49. The van der Waals surface area contributed by atoms with Crippen LogP contribution in [0.25, 0.3) is 0 Å². The number of piperidine rings is 1. The van der Waals surface area contributed by atoms with E-state index in [0.717, 1.165) is 37.0 Å². The Morgan fingerprint density at radius 2 is 1.89 bits per heavy atom. The fourth-order valence-corrected chi connectivity index (χ4v) is 6.03. The number of hydrogen-bond acceptors (Lipinski definition) is 5. The molecule has 0 aromatic heterocycles. The maximum atomic E-state index is 13.3. The quantitative estimate of drug-likeness (QED) is 0.614. The molecule has 192 valence electrons. The third-order valence-corrected chi connectivity index (χ3v) is 7.82. The molecule has 0 radical (unpaired) electrons. The number of amides is 2. The number of ether oxygens (including phenoxy) is 3. The minimum absolute atomic E-state index is 0.0594. The van der Waals surface area contributed by atoms with Crippen molar-refractivity contribution in [2.45, 2.75) is 70.6 Å². The third kappa shape index (κ3) is 4.75. The van der Waals surface area contributed by atoms with E-state index < -0.39 is 5.60 Å². The van der Waals surface area contributed by atoms with Gasteiger partial charge in [-0.2, -0.15) is 0 Å². The van der Waals surface area contributed by atoms with Crippen molar-refractivity contribution in [2.24, 2.45) is 5.41 Å². The summed E-state index contributed by atoms with van der Waals surface area (Å²) in [5, 5.41) is 2.86. The topological polar surface area (TPSA) is 77.1 Å². The Balaban J connectivity index is 1.46. The molecule has 3 aliphatic heterocycles. The largest absolute Gasteiger partial charge is 0.497 e. The first kappa shape index (κ1) is 24.5. The van der Waals surface area contributed by atoms with Crippen molar-refractivity contribution in [2.75, 3.05) is 20.3 Å². The van der Waals surface area contributed by atoms with E-state index in [1.807, 2.05) is 56.0 Å². The van der Waals surface area contributed by atoms with Crippen LogP contribution in [0.2, 0.25) is 0 Å². The number of benzene rings is 2. The van der Waals surface area contributed by atoms with E-state index in [-0.39, 0.29) is 29.4 Å². The summed E-state index contributed by atoms with van der Waals surface area (Å²) in [7, 11) is 1.67. The number of nitrogens with one attached hydrogen (secondary N) is 1. The summed E-state index contributed by atoms with van der Waals surface area (Å²) >= 11 is 0. The molecule has 36 heavy (non-hydrogen) atoms. The Hall–Kier alpha value is -3.22. The summed E-state index contributed by atoms with van der Waals surface area (Å²) in [5.74, 6) is 1.68. The van der Waals surface area contributed by atoms with Crippen LogP contribution in [0, 0.1) is 5.41 Å². The fourth-order valence-electron chi connectivity index (χ4n) is 6.03. The van der Waals surface area contributed by atoms with Crippen LogP contribution in [0.3, 0.4) is 0 Å². The molecule has 2 aromatic carbocycles. The Morgan fingerprint density at radius 1 is 1.14 bits per heavy atom. The highest BCUT2D eigenvalue weighted by Gasteiger charge is 2.52. The van der Waals surface area contributed by atoms with E-state index in [4.69, 9.17) is 14.2 Å². The number of carbonyl (C=O) groups is 2. The highest BCUT2D eigenvalue weighted by molar-refractivity contribution is 5.98. The second kappa shape index (κ2) is 9.34. The van der Waals surface area contributed by atoms with Gasteiger partial charge in [0.15, 0.2) is 0 Å². The van der Waals surface area contributed by atoms with Gasteiger partial charge in [-0.3, -0.25) is 4.79 Å². The first-order valence-corrected chi connectivity index (χ1v) is 12.8. The molecule has 3 atom stereocenters. The molecule has 2 aromatic rings. The molecule has 1 saturated carbocycles. The van der Waals surface area contributed by atoms with Gasteiger partial charge in [0.2, 0.25) is 0 Å². The Bertz CT molecular complexity index is 1140. The van der Waals surface area contributed by atoms with Crippen molar-refractivity contribution >= 4 is 12.0 Å². The van der Waals surface area contributed by atoms with Crippen molar-refractivity contribution < 1.29 is 23.8 Å². The van der Waals surface area contributed by atoms with Crippen LogP contribution in [0.4, 0.5) is 4.79 Å². The minimum atomic E-state index is -0.549. The van der Waals surface area contributed by atoms with Crippen molar-refractivity contribution in [3.05, 3.63) is 59.2 Å². The predicted octanol–water partition coefficient (Wildman–Crippen LogP) is 5.28. The van der Waals surface area contributed by atoms with E-state index in [2.05, 4.69) is 17.4 Å². The second-order valence-corrected chi connectivity index (χ2v) is 11.4. The fraction of sp³-hybridized carbons (Fsp3) is 0.517. The average molecular weight is 493 g/mol. The molecular formula is C29H36N2O5. The van der Waals surface area contributed by atoms with E-state index in [1.54, 1.807) is 7.11 Å². The molecule has 0 spiro atoms. The van der Waals surface area contributed by atoms with Crippen LogP contribution in [0.5, 0.6) is 11.5 Å². The number of methoxy groups -OCH3 is 1. The van der Waals surface area contributed by atoms with Crippen LogP contribution in [-0.2, 0) is 11.3 Å². The van der Waals surface area contributed by atoms with Crippen LogP contribution < -0.4 is 14.8 Å². The molecule has 3 fully saturated rings. The zero-order valence-electron chi connectivity index (χ0n) is 21.6. The number of carbonyl (C=O) groups excluding carboxylic acids is 2. The number of fused-ring (bicyclic) bond motifs is 5. The Kier molecular flexibility index (Phi) is 6.35. The molecule has 1 unspecified atom stereocenters. The molecular weight excluding hydrogens is 456 g/mol. The number of nitrogens with zero attached hydrogens (tertiary/aromatic N) is 1. The standard InChI is InChI=1S/C29H36N2O5/c1-28(2,3)36-27(33)31-17-29(18-35-23-12-9-20-16-30-26(32)24(20)15-23)13-5-6-21(31)14-25(29)19-7-10-22(34-4)11-8-19/h7-12,15,21,25H,5-6,13-14,16-18H2,1-4H3,(H,30,32)/t21-,25-,29?/m1/s1. The second-order valence-electron chi connectivity index (χ2n) is 11.4. The van der Waals surface area contributed by atoms with Crippen molar-refractivity contribution in [1.82, 2.24) is 10.2 Å². The summed E-state index contributed by atoms with van der Waals surface area (Å²) in [6, 6.07) is 14.2. The lowest BCUT2D eigenvalue weighted by atomic mass is 9.66. The van der Waals surface area contributed by atoms with Crippen LogP contribution in [0.1, 0.15) is 73.9 Å². The summed E-state index contributed by atoms with van der Waals surface area (Å²) in [6.07, 6.45) is 3.53. The van der Waals surface area contributed by atoms with Gasteiger partial charge in [0.1, 0.15) is 17.1 Å². The van der Waals surface area contributed by atoms with Gasteiger partial charge in [-0.25, -0.2) is 4.79 Å². The first-order valence-electron chi connectivity index (χ1n) is 12.8. The van der Waals surface area contributed by atoms with Crippen molar-refractivity contribution in [1.29, 1.82) is 0 Å². The number of hydrogen-bond donors (Lipinski definition) is 1. The molecule has 2 saturated heterocycles. The predicted molar refractivity (Wildman–Crippen MR) is 136 cm³/mol. The minimum Gasteiger partial charge on any atom is -0.497 e.